The molecular formula is C20H17F2N5O2. The second-order valence-corrected chi connectivity index (χ2v) is 6.62. The van der Waals surface area contributed by atoms with Gasteiger partial charge in [0.25, 0.3) is 11.8 Å². The van der Waals surface area contributed by atoms with Crippen LogP contribution in [0.4, 0.5) is 8.78 Å². The molecule has 0 bridgehead atoms. The van der Waals surface area contributed by atoms with E-state index in [9.17, 15) is 18.4 Å². The minimum absolute atomic E-state index is 0.0826. The van der Waals surface area contributed by atoms with Gasteiger partial charge in [0.15, 0.2) is 11.6 Å². The van der Waals surface area contributed by atoms with Crippen molar-refractivity contribution in [2.45, 2.75) is 0 Å². The predicted octanol–water partition coefficient (Wildman–Crippen LogP) is 2.35. The van der Waals surface area contributed by atoms with E-state index in [-0.39, 0.29) is 11.5 Å². The zero-order valence-corrected chi connectivity index (χ0v) is 15.3. The van der Waals surface area contributed by atoms with Gasteiger partial charge in [-0.3, -0.25) is 19.7 Å². The first-order chi connectivity index (χ1) is 14.0. The van der Waals surface area contributed by atoms with Gasteiger partial charge in [0, 0.05) is 49.7 Å². The number of benzene rings is 1. The Bertz CT molecular complexity index is 1050. The highest BCUT2D eigenvalue weighted by Crippen LogP contribution is 2.18. The number of rotatable bonds is 3. The summed E-state index contributed by atoms with van der Waals surface area (Å²) in [4.78, 5) is 32.3. The van der Waals surface area contributed by atoms with Crippen LogP contribution < -0.4 is 0 Å². The van der Waals surface area contributed by atoms with Crippen molar-refractivity contribution in [1.29, 1.82) is 0 Å². The number of H-pyrrole nitrogens is 1. The first-order valence-electron chi connectivity index (χ1n) is 9.02. The van der Waals surface area contributed by atoms with E-state index in [1.54, 1.807) is 35.5 Å². The Morgan fingerprint density at radius 2 is 1.52 bits per heavy atom. The summed E-state index contributed by atoms with van der Waals surface area (Å²) in [7, 11) is 0. The Hall–Kier alpha value is -3.62. The van der Waals surface area contributed by atoms with E-state index < -0.39 is 17.5 Å². The summed E-state index contributed by atoms with van der Waals surface area (Å²) >= 11 is 0. The van der Waals surface area contributed by atoms with Crippen LogP contribution in [0.2, 0.25) is 0 Å². The highest BCUT2D eigenvalue weighted by molar-refractivity contribution is 5.95. The van der Waals surface area contributed by atoms with Crippen LogP contribution in [0.1, 0.15) is 20.8 Å². The average molecular weight is 397 g/mol. The average Bonchev–Trinajstić information content (AvgIpc) is 3.26. The van der Waals surface area contributed by atoms with Gasteiger partial charge in [-0.2, -0.15) is 5.10 Å². The molecule has 1 N–H and O–H groups in total. The molecule has 3 aromatic rings. The van der Waals surface area contributed by atoms with Gasteiger partial charge in [-0.25, -0.2) is 8.78 Å². The monoisotopic (exact) mass is 397 g/mol. The third-order valence-corrected chi connectivity index (χ3v) is 4.81. The summed E-state index contributed by atoms with van der Waals surface area (Å²) in [5, 5.41) is 6.92. The maximum atomic E-state index is 13.4. The molecule has 2 aromatic heterocycles. The van der Waals surface area contributed by atoms with Crippen LogP contribution in [-0.2, 0) is 0 Å². The fraction of sp³-hybridized carbons (Fsp3) is 0.200. The van der Waals surface area contributed by atoms with Crippen molar-refractivity contribution in [2.24, 2.45) is 0 Å². The molecule has 1 aromatic carbocycles. The van der Waals surface area contributed by atoms with Gasteiger partial charge < -0.3 is 9.80 Å². The first-order valence-corrected chi connectivity index (χ1v) is 9.02. The Morgan fingerprint density at radius 1 is 0.862 bits per heavy atom. The topological polar surface area (TPSA) is 82.2 Å². The highest BCUT2D eigenvalue weighted by Gasteiger charge is 2.27. The molecule has 1 saturated heterocycles. The molecule has 29 heavy (non-hydrogen) atoms. The van der Waals surface area contributed by atoms with Gasteiger partial charge in [-0.05, 0) is 36.4 Å². The van der Waals surface area contributed by atoms with E-state index in [2.05, 4.69) is 15.2 Å². The summed E-state index contributed by atoms with van der Waals surface area (Å²) in [6.45, 7) is 1.26. The number of halogens is 2. The molecule has 0 aliphatic carbocycles. The normalized spacial score (nSPS) is 14.1. The lowest BCUT2D eigenvalue weighted by molar-refractivity contribution is 0.0532. The molecule has 9 heteroatoms. The standard InChI is InChI=1S/C20H17F2N5O2/c21-15-2-1-14(11-16(15)22)19(28)26-7-9-27(10-8-26)20(29)18-12-17(24-25-18)13-3-5-23-6-4-13/h1-6,11-12H,7-10H2,(H,24,25). The first kappa shape index (κ1) is 18.7. The van der Waals surface area contributed by atoms with Crippen molar-refractivity contribution in [2.75, 3.05) is 26.2 Å². The third kappa shape index (κ3) is 3.84. The Kier molecular flexibility index (Phi) is 5.03. The lowest BCUT2D eigenvalue weighted by Crippen LogP contribution is -2.50. The van der Waals surface area contributed by atoms with Crippen molar-refractivity contribution in [3.8, 4) is 11.3 Å². The summed E-state index contributed by atoms with van der Waals surface area (Å²) in [5.41, 5.74) is 1.93. The van der Waals surface area contributed by atoms with Crippen molar-refractivity contribution < 1.29 is 18.4 Å². The van der Waals surface area contributed by atoms with Crippen LogP contribution in [0.15, 0.2) is 48.8 Å². The number of carbonyl (C=O) groups excluding carboxylic acids is 2. The van der Waals surface area contributed by atoms with Crippen LogP contribution in [0, 0.1) is 11.6 Å². The molecule has 1 fully saturated rings. The molecule has 148 valence electrons. The number of aromatic amines is 1. The molecule has 1 aliphatic rings. The van der Waals surface area contributed by atoms with Gasteiger partial charge in [0.2, 0.25) is 0 Å². The van der Waals surface area contributed by atoms with Gasteiger partial charge in [0.1, 0.15) is 5.69 Å². The second kappa shape index (κ2) is 7.78. The largest absolute Gasteiger partial charge is 0.335 e. The second-order valence-electron chi connectivity index (χ2n) is 6.62. The predicted molar refractivity (Wildman–Crippen MR) is 100.0 cm³/mol. The third-order valence-electron chi connectivity index (χ3n) is 4.81. The zero-order valence-electron chi connectivity index (χ0n) is 15.3. The van der Waals surface area contributed by atoms with Crippen molar-refractivity contribution in [1.82, 2.24) is 25.0 Å². The molecule has 0 radical (unpaired) electrons. The molecule has 3 heterocycles. The quantitative estimate of drug-likeness (QED) is 0.736. The highest BCUT2D eigenvalue weighted by atomic mass is 19.2. The maximum absolute atomic E-state index is 13.4. The SMILES string of the molecule is O=C(c1ccc(F)c(F)c1)N1CCN(C(=O)c2cc(-c3ccncc3)n[nH]2)CC1. The Morgan fingerprint density at radius 3 is 2.17 bits per heavy atom. The summed E-state index contributed by atoms with van der Waals surface area (Å²) in [5.74, 6) is -2.66. The Labute approximate surface area is 165 Å². The molecule has 4 rings (SSSR count). The minimum Gasteiger partial charge on any atom is -0.335 e. The van der Waals surface area contributed by atoms with Crippen LogP contribution >= 0.6 is 0 Å². The molecule has 0 atom stereocenters. The van der Waals surface area contributed by atoms with Crippen molar-refractivity contribution >= 4 is 11.8 Å². The molecule has 0 saturated carbocycles. The number of hydrogen-bond donors (Lipinski definition) is 1. The maximum Gasteiger partial charge on any atom is 0.272 e. The number of aromatic nitrogens is 3. The minimum atomic E-state index is -1.06. The zero-order chi connectivity index (χ0) is 20.4. The number of piperazine rings is 1. The smallest absolute Gasteiger partial charge is 0.272 e. The van der Waals surface area contributed by atoms with E-state index in [0.29, 0.717) is 37.6 Å². The molecular weight excluding hydrogens is 380 g/mol. The molecule has 0 unspecified atom stereocenters. The van der Waals surface area contributed by atoms with Gasteiger partial charge >= 0.3 is 0 Å². The van der Waals surface area contributed by atoms with Crippen LogP contribution in [0.25, 0.3) is 11.3 Å². The van der Waals surface area contributed by atoms with E-state index in [1.165, 1.54) is 11.0 Å². The fourth-order valence-electron chi connectivity index (χ4n) is 3.20. The summed E-state index contributed by atoms with van der Waals surface area (Å²) < 4.78 is 26.4. The van der Waals surface area contributed by atoms with E-state index >= 15 is 0 Å². The number of nitrogens with one attached hydrogen (secondary N) is 1. The number of amides is 2. The molecule has 7 nitrogen and oxygen atoms in total. The van der Waals surface area contributed by atoms with Gasteiger partial charge in [-0.1, -0.05) is 0 Å². The van der Waals surface area contributed by atoms with E-state index in [1.807, 2.05) is 0 Å². The fourth-order valence-corrected chi connectivity index (χ4v) is 3.20. The molecule has 2 amide bonds. The molecule has 0 spiro atoms. The summed E-state index contributed by atoms with van der Waals surface area (Å²) in [6.07, 6.45) is 3.30. The lowest BCUT2D eigenvalue weighted by atomic mass is 10.1. The van der Waals surface area contributed by atoms with Crippen LogP contribution in [-0.4, -0.2) is 63.0 Å². The van der Waals surface area contributed by atoms with Gasteiger partial charge in [0.05, 0.1) is 5.69 Å². The number of carbonyl (C=O) groups is 2. The lowest BCUT2D eigenvalue weighted by Gasteiger charge is -2.34. The van der Waals surface area contributed by atoms with E-state index in [4.69, 9.17) is 0 Å². The van der Waals surface area contributed by atoms with Crippen LogP contribution in [0.3, 0.4) is 0 Å². The van der Waals surface area contributed by atoms with Gasteiger partial charge in [-0.15, -0.1) is 0 Å². The van der Waals surface area contributed by atoms with Crippen LogP contribution in [0.5, 0.6) is 0 Å². The summed E-state index contributed by atoms with van der Waals surface area (Å²) in [6, 6.07) is 8.35. The number of hydrogen-bond acceptors (Lipinski definition) is 4. The number of pyridine rings is 1. The van der Waals surface area contributed by atoms with Crippen molar-refractivity contribution in [3.63, 3.8) is 0 Å². The Balaban J connectivity index is 1.39. The van der Waals surface area contributed by atoms with Crippen molar-refractivity contribution in [3.05, 3.63) is 71.7 Å². The van der Waals surface area contributed by atoms with E-state index in [0.717, 1.165) is 17.7 Å². The molecule has 1 aliphatic heterocycles. The number of nitrogens with zero attached hydrogens (tertiary/aromatic N) is 4.